The molecule has 0 aliphatic carbocycles. The number of rotatable bonds is 0. The highest BCUT2D eigenvalue weighted by molar-refractivity contribution is 5.78. The summed E-state index contributed by atoms with van der Waals surface area (Å²) in [6, 6.07) is 15.9. The Labute approximate surface area is 112 Å². The minimum absolute atomic E-state index is 0.767. The Bertz CT molecular complexity index is 795. The highest BCUT2D eigenvalue weighted by Crippen LogP contribution is 2.11. The molecule has 90 valence electrons. The first-order valence-electron chi connectivity index (χ1n) is 6.12. The first kappa shape index (κ1) is 11.4. The van der Waals surface area contributed by atoms with E-state index in [0.29, 0.717) is 0 Å². The van der Waals surface area contributed by atoms with Crippen molar-refractivity contribution >= 4 is 10.9 Å². The predicted octanol–water partition coefficient (Wildman–Crippen LogP) is 3.34. The van der Waals surface area contributed by atoms with Crippen molar-refractivity contribution in [3.63, 3.8) is 0 Å². The molecular weight excluding hydrogens is 232 g/mol. The molecule has 2 nitrogen and oxygen atoms in total. The third-order valence-electron chi connectivity index (χ3n) is 2.92. The van der Waals surface area contributed by atoms with Crippen LogP contribution in [0.5, 0.6) is 0 Å². The Kier molecular flexibility index (Phi) is 2.96. The molecule has 19 heavy (non-hydrogen) atoms. The maximum Gasteiger partial charge on any atom is 0.116 e. The van der Waals surface area contributed by atoms with Gasteiger partial charge in [0.2, 0.25) is 0 Å². The molecule has 3 rings (SSSR count). The summed E-state index contributed by atoms with van der Waals surface area (Å²) in [5.74, 6) is 6.14. The molecule has 0 fully saturated rings. The Morgan fingerprint density at radius 1 is 0.895 bits per heavy atom. The van der Waals surface area contributed by atoms with Crippen LogP contribution in [-0.2, 0) is 0 Å². The fraction of sp³-hybridized carbons (Fsp3) is 0.0588. The van der Waals surface area contributed by atoms with Gasteiger partial charge in [-0.15, -0.1) is 0 Å². The van der Waals surface area contributed by atoms with E-state index in [1.54, 1.807) is 6.20 Å². The van der Waals surface area contributed by atoms with Crippen molar-refractivity contribution in [1.82, 2.24) is 9.97 Å². The first-order valence-corrected chi connectivity index (χ1v) is 6.12. The molecule has 2 aromatic heterocycles. The number of nitrogens with zero attached hydrogens (tertiary/aromatic N) is 2. The molecule has 0 aliphatic rings. The summed E-state index contributed by atoms with van der Waals surface area (Å²) in [6.45, 7) is 2.00. The molecule has 0 unspecified atom stereocenters. The van der Waals surface area contributed by atoms with Gasteiger partial charge in [0.25, 0.3) is 0 Å². The third kappa shape index (κ3) is 2.46. The summed E-state index contributed by atoms with van der Waals surface area (Å²) in [4.78, 5) is 8.77. The van der Waals surface area contributed by atoms with Crippen molar-refractivity contribution in [2.75, 3.05) is 0 Å². The largest absolute Gasteiger partial charge is 0.248 e. The molecule has 0 radical (unpaired) electrons. The van der Waals surface area contributed by atoms with Crippen LogP contribution in [0.15, 0.2) is 54.7 Å². The van der Waals surface area contributed by atoms with Crippen molar-refractivity contribution in [3.05, 3.63) is 71.7 Å². The van der Waals surface area contributed by atoms with Crippen LogP contribution in [0.4, 0.5) is 0 Å². The normalized spacial score (nSPS) is 9.95. The van der Waals surface area contributed by atoms with Gasteiger partial charge in [-0.3, -0.25) is 0 Å². The van der Waals surface area contributed by atoms with E-state index < -0.39 is 0 Å². The average molecular weight is 244 g/mol. The fourth-order valence-corrected chi connectivity index (χ4v) is 1.88. The van der Waals surface area contributed by atoms with E-state index in [1.165, 1.54) is 0 Å². The average Bonchev–Trinajstić information content (AvgIpc) is 2.46. The molecule has 0 atom stereocenters. The molecule has 0 N–H and O–H groups in total. The van der Waals surface area contributed by atoms with Crippen LogP contribution in [0.1, 0.15) is 17.0 Å². The SMILES string of the molecule is Cc1cccnc1C#Cc1ccc2ccccc2n1. The maximum atomic E-state index is 4.52. The number of hydrogen-bond acceptors (Lipinski definition) is 2. The topological polar surface area (TPSA) is 25.8 Å². The second-order valence-electron chi connectivity index (χ2n) is 4.31. The molecule has 0 aliphatic heterocycles. The van der Waals surface area contributed by atoms with Crippen LogP contribution in [0.25, 0.3) is 10.9 Å². The molecule has 2 heterocycles. The summed E-state index contributed by atoms with van der Waals surface area (Å²) in [6.07, 6.45) is 1.75. The van der Waals surface area contributed by atoms with Gasteiger partial charge in [-0.05, 0) is 42.5 Å². The zero-order chi connectivity index (χ0) is 13.1. The van der Waals surface area contributed by atoms with E-state index in [0.717, 1.165) is 27.9 Å². The van der Waals surface area contributed by atoms with E-state index in [1.807, 2.05) is 55.5 Å². The summed E-state index contributed by atoms with van der Waals surface area (Å²) in [7, 11) is 0. The fourth-order valence-electron chi connectivity index (χ4n) is 1.88. The molecule has 2 heteroatoms. The molecule has 0 saturated carbocycles. The Balaban J connectivity index is 2.01. The first-order chi connectivity index (χ1) is 9.33. The Morgan fingerprint density at radius 3 is 2.68 bits per heavy atom. The standard InChI is InChI=1S/C17H12N2/c1-13-5-4-12-18-16(13)11-10-15-9-8-14-6-2-3-7-17(14)19-15/h2-9,12H,1H3. The van der Waals surface area contributed by atoms with Gasteiger partial charge in [-0.25, -0.2) is 9.97 Å². The lowest BCUT2D eigenvalue weighted by atomic mass is 10.2. The van der Waals surface area contributed by atoms with E-state index in [-0.39, 0.29) is 0 Å². The lowest BCUT2D eigenvalue weighted by molar-refractivity contribution is 1.23. The highest BCUT2D eigenvalue weighted by Gasteiger charge is 1.96. The maximum absolute atomic E-state index is 4.52. The summed E-state index contributed by atoms with van der Waals surface area (Å²) < 4.78 is 0. The van der Waals surface area contributed by atoms with Crippen LogP contribution in [0.3, 0.4) is 0 Å². The van der Waals surface area contributed by atoms with Gasteiger partial charge in [0.15, 0.2) is 0 Å². The van der Waals surface area contributed by atoms with Crippen LogP contribution in [-0.4, -0.2) is 9.97 Å². The van der Waals surface area contributed by atoms with E-state index in [2.05, 4.69) is 21.8 Å². The zero-order valence-corrected chi connectivity index (χ0v) is 10.6. The summed E-state index contributed by atoms with van der Waals surface area (Å²) >= 11 is 0. The Hall–Kier alpha value is -2.66. The third-order valence-corrected chi connectivity index (χ3v) is 2.92. The lowest BCUT2D eigenvalue weighted by Crippen LogP contribution is -1.87. The van der Waals surface area contributed by atoms with E-state index in [9.17, 15) is 0 Å². The smallest absolute Gasteiger partial charge is 0.116 e. The second-order valence-corrected chi connectivity index (χ2v) is 4.31. The van der Waals surface area contributed by atoms with Crippen LogP contribution in [0.2, 0.25) is 0 Å². The van der Waals surface area contributed by atoms with Crippen molar-refractivity contribution < 1.29 is 0 Å². The second kappa shape index (κ2) is 4.91. The molecule has 3 aromatic rings. The summed E-state index contributed by atoms with van der Waals surface area (Å²) in [5.41, 5.74) is 3.61. The van der Waals surface area contributed by atoms with E-state index in [4.69, 9.17) is 0 Å². The molecule has 1 aromatic carbocycles. The lowest BCUT2D eigenvalue weighted by Gasteiger charge is -1.97. The molecule has 0 amide bonds. The van der Waals surface area contributed by atoms with Crippen LogP contribution >= 0.6 is 0 Å². The molecular formula is C17H12N2. The summed E-state index contributed by atoms with van der Waals surface area (Å²) in [5, 5.41) is 1.13. The van der Waals surface area contributed by atoms with Gasteiger partial charge in [-0.1, -0.05) is 30.3 Å². The van der Waals surface area contributed by atoms with Gasteiger partial charge in [0, 0.05) is 11.6 Å². The number of aromatic nitrogens is 2. The van der Waals surface area contributed by atoms with Crippen molar-refractivity contribution in [2.24, 2.45) is 0 Å². The van der Waals surface area contributed by atoms with Gasteiger partial charge < -0.3 is 0 Å². The van der Waals surface area contributed by atoms with Gasteiger partial charge in [-0.2, -0.15) is 0 Å². The van der Waals surface area contributed by atoms with Crippen LogP contribution in [0, 0.1) is 18.8 Å². The highest BCUT2D eigenvalue weighted by atomic mass is 14.7. The minimum atomic E-state index is 0.767. The minimum Gasteiger partial charge on any atom is -0.248 e. The number of para-hydroxylation sites is 1. The van der Waals surface area contributed by atoms with Crippen molar-refractivity contribution in [1.29, 1.82) is 0 Å². The number of pyridine rings is 2. The monoisotopic (exact) mass is 244 g/mol. The number of benzene rings is 1. The molecule has 0 saturated heterocycles. The number of aryl methyl sites for hydroxylation is 1. The van der Waals surface area contributed by atoms with Gasteiger partial charge in [0.05, 0.1) is 5.52 Å². The number of fused-ring (bicyclic) bond motifs is 1. The molecule has 0 bridgehead atoms. The van der Waals surface area contributed by atoms with Crippen molar-refractivity contribution in [3.8, 4) is 11.8 Å². The van der Waals surface area contributed by atoms with Gasteiger partial charge >= 0.3 is 0 Å². The van der Waals surface area contributed by atoms with Crippen molar-refractivity contribution in [2.45, 2.75) is 6.92 Å². The molecule has 0 spiro atoms. The zero-order valence-electron chi connectivity index (χ0n) is 10.6. The van der Waals surface area contributed by atoms with E-state index >= 15 is 0 Å². The predicted molar refractivity (Wildman–Crippen MR) is 76.7 cm³/mol. The van der Waals surface area contributed by atoms with Crippen LogP contribution < -0.4 is 0 Å². The quantitative estimate of drug-likeness (QED) is 0.567. The Morgan fingerprint density at radius 2 is 1.79 bits per heavy atom. The van der Waals surface area contributed by atoms with Gasteiger partial charge in [0.1, 0.15) is 11.4 Å². The number of hydrogen-bond donors (Lipinski definition) is 0.